The third-order valence-electron chi connectivity index (χ3n) is 5.42. The highest BCUT2D eigenvalue weighted by Gasteiger charge is 2.25. The first kappa shape index (κ1) is 23.9. The third-order valence-corrected chi connectivity index (χ3v) is 5.42. The minimum atomic E-state index is -0.474. The van der Waals surface area contributed by atoms with Crippen molar-refractivity contribution in [3.8, 4) is 22.7 Å². The van der Waals surface area contributed by atoms with E-state index in [0.29, 0.717) is 17.1 Å². The van der Waals surface area contributed by atoms with E-state index in [-0.39, 0.29) is 11.5 Å². The molecule has 1 heterocycles. The Morgan fingerprint density at radius 3 is 2.34 bits per heavy atom. The molecular formula is C28H26FN3O3. The minimum absolute atomic E-state index is 0.0534. The van der Waals surface area contributed by atoms with Gasteiger partial charge in [0.15, 0.2) is 0 Å². The van der Waals surface area contributed by atoms with Crippen molar-refractivity contribution < 1.29 is 18.7 Å². The molecule has 1 amide bonds. The van der Waals surface area contributed by atoms with E-state index in [9.17, 15) is 14.0 Å². The number of anilines is 1. The lowest BCUT2D eigenvalue weighted by Crippen LogP contribution is -2.12. The molecule has 0 fully saturated rings. The first-order valence-corrected chi connectivity index (χ1v) is 11.3. The quantitative estimate of drug-likeness (QED) is 0.336. The van der Waals surface area contributed by atoms with Crippen LogP contribution in [0.15, 0.2) is 72.8 Å². The van der Waals surface area contributed by atoms with Crippen LogP contribution in [0.25, 0.3) is 16.8 Å². The van der Waals surface area contributed by atoms with Gasteiger partial charge in [0.2, 0.25) is 5.88 Å². The summed E-state index contributed by atoms with van der Waals surface area (Å²) in [6.07, 6.45) is 0. The lowest BCUT2D eigenvalue weighted by Gasteiger charge is -2.11. The highest BCUT2D eigenvalue weighted by atomic mass is 19.1. The Labute approximate surface area is 203 Å². The van der Waals surface area contributed by atoms with E-state index in [2.05, 4.69) is 5.32 Å². The van der Waals surface area contributed by atoms with Gasteiger partial charge in [-0.3, -0.25) is 9.59 Å². The van der Waals surface area contributed by atoms with Crippen molar-refractivity contribution >= 4 is 17.6 Å². The van der Waals surface area contributed by atoms with Gasteiger partial charge in [-0.05, 0) is 66.4 Å². The van der Waals surface area contributed by atoms with E-state index in [1.165, 1.54) is 25.1 Å². The first-order valence-electron chi connectivity index (χ1n) is 11.3. The molecule has 1 aromatic heterocycles. The maximum atomic E-state index is 13.5. The fourth-order valence-electron chi connectivity index (χ4n) is 3.81. The maximum absolute atomic E-state index is 13.5. The van der Waals surface area contributed by atoms with Gasteiger partial charge in [-0.25, -0.2) is 4.39 Å². The molecule has 0 saturated carbocycles. The summed E-state index contributed by atoms with van der Waals surface area (Å²) in [7, 11) is 0. The zero-order valence-electron chi connectivity index (χ0n) is 20.0. The number of ether oxygens (including phenoxy) is 1. The normalized spacial score (nSPS) is 10.9. The number of esters is 1. The smallest absolute Gasteiger partial charge is 0.309 e. The number of carbonyl (C=O) groups is 2. The molecule has 0 unspecified atom stereocenters. The van der Waals surface area contributed by atoms with Crippen LogP contribution in [0.3, 0.4) is 0 Å². The van der Waals surface area contributed by atoms with Crippen molar-refractivity contribution in [3.05, 3.63) is 95.4 Å². The summed E-state index contributed by atoms with van der Waals surface area (Å²) in [6.45, 7) is 7.40. The van der Waals surface area contributed by atoms with E-state index >= 15 is 0 Å². The van der Waals surface area contributed by atoms with Crippen LogP contribution in [-0.4, -0.2) is 21.7 Å². The highest BCUT2D eigenvalue weighted by Crippen LogP contribution is 2.39. The van der Waals surface area contributed by atoms with E-state index in [1.807, 2.05) is 57.2 Å². The SMILES string of the molecule is CC(=O)Oc1c(-c2ccc(NC(=O)c3cccc(F)c3)cc2)c(C(C)C)nn1-c1cccc(C)c1. The van der Waals surface area contributed by atoms with Crippen LogP contribution in [0.5, 0.6) is 5.88 Å². The summed E-state index contributed by atoms with van der Waals surface area (Å²) in [4.78, 5) is 24.5. The Kier molecular flexibility index (Phi) is 6.78. The molecule has 4 rings (SSSR count). The molecule has 0 aliphatic heterocycles. The first-order chi connectivity index (χ1) is 16.7. The lowest BCUT2D eigenvalue weighted by molar-refractivity contribution is -0.132. The van der Waals surface area contributed by atoms with Gasteiger partial charge in [0.05, 0.1) is 16.9 Å². The number of hydrogen-bond acceptors (Lipinski definition) is 4. The number of halogens is 1. The van der Waals surface area contributed by atoms with Gasteiger partial charge < -0.3 is 10.1 Å². The van der Waals surface area contributed by atoms with Crippen LogP contribution in [0, 0.1) is 12.7 Å². The molecule has 0 aliphatic rings. The zero-order chi connectivity index (χ0) is 25.1. The molecule has 178 valence electrons. The number of hydrogen-bond donors (Lipinski definition) is 1. The molecule has 0 atom stereocenters. The number of carbonyl (C=O) groups excluding carboxylic acids is 2. The second kappa shape index (κ2) is 9.93. The van der Waals surface area contributed by atoms with E-state index in [0.717, 1.165) is 22.5 Å². The summed E-state index contributed by atoms with van der Waals surface area (Å²) in [5, 5.41) is 7.58. The van der Waals surface area contributed by atoms with Crippen LogP contribution in [0.1, 0.15) is 48.3 Å². The van der Waals surface area contributed by atoms with Crippen molar-refractivity contribution in [2.45, 2.75) is 33.6 Å². The summed E-state index contributed by atoms with van der Waals surface area (Å²) < 4.78 is 20.8. The molecule has 6 nitrogen and oxygen atoms in total. The molecule has 0 spiro atoms. The predicted molar refractivity (Wildman–Crippen MR) is 133 cm³/mol. The summed E-state index contributed by atoms with van der Waals surface area (Å²) in [6, 6.07) is 20.5. The van der Waals surface area contributed by atoms with Crippen LogP contribution in [-0.2, 0) is 4.79 Å². The number of amides is 1. The Bertz CT molecular complexity index is 1390. The fourth-order valence-corrected chi connectivity index (χ4v) is 3.81. The van der Waals surface area contributed by atoms with Crippen LogP contribution < -0.4 is 10.1 Å². The van der Waals surface area contributed by atoms with Crippen LogP contribution in [0.4, 0.5) is 10.1 Å². The molecule has 35 heavy (non-hydrogen) atoms. The van der Waals surface area contributed by atoms with E-state index in [1.54, 1.807) is 22.9 Å². The number of aryl methyl sites for hydroxylation is 1. The Morgan fingerprint density at radius 2 is 1.71 bits per heavy atom. The van der Waals surface area contributed by atoms with Gasteiger partial charge in [-0.15, -0.1) is 0 Å². The standard InChI is InChI=1S/C28H26FN3O3/c1-17(2)26-25(28(35-19(4)33)32(31-26)24-10-5-7-18(3)15-24)20-11-13-23(14-12-20)30-27(34)21-8-6-9-22(29)16-21/h5-17H,1-4H3,(H,30,34). The van der Waals surface area contributed by atoms with Gasteiger partial charge in [0.25, 0.3) is 5.91 Å². The van der Waals surface area contributed by atoms with Crippen molar-refractivity contribution in [2.75, 3.05) is 5.32 Å². The molecule has 0 radical (unpaired) electrons. The Hall–Kier alpha value is -4.26. The number of nitrogens with one attached hydrogen (secondary N) is 1. The molecule has 0 bridgehead atoms. The molecule has 4 aromatic rings. The van der Waals surface area contributed by atoms with Crippen LogP contribution >= 0.6 is 0 Å². The Morgan fingerprint density at radius 1 is 1.00 bits per heavy atom. The number of benzene rings is 3. The number of rotatable bonds is 6. The number of nitrogens with zero attached hydrogens (tertiary/aromatic N) is 2. The van der Waals surface area contributed by atoms with Gasteiger partial charge in [-0.2, -0.15) is 9.78 Å². The second-order valence-electron chi connectivity index (χ2n) is 8.61. The number of aromatic nitrogens is 2. The average molecular weight is 472 g/mol. The van der Waals surface area contributed by atoms with Crippen molar-refractivity contribution in [3.63, 3.8) is 0 Å². The van der Waals surface area contributed by atoms with E-state index in [4.69, 9.17) is 9.84 Å². The van der Waals surface area contributed by atoms with Gasteiger partial charge in [0, 0.05) is 18.2 Å². The van der Waals surface area contributed by atoms with Gasteiger partial charge in [-0.1, -0.05) is 44.2 Å². The molecule has 1 N–H and O–H groups in total. The fraction of sp³-hybridized carbons (Fsp3) is 0.179. The monoisotopic (exact) mass is 471 g/mol. The zero-order valence-corrected chi connectivity index (χ0v) is 20.0. The molecule has 7 heteroatoms. The van der Waals surface area contributed by atoms with Crippen molar-refractivity contribution in [1.82, 2.24) is 9.78 Å². The summed E-state index contributed by atoms with van der Waals surface area (Å²) in [5.74, 6) is -0.943. The van der Waals surface area contributed by atoms with Gasteiger partial charge >= 0.3 is 5.97 Å². The minimum Gasteiger partial charge on any atom is -0.407 e. The lowest BCUT2D eigenvalue weighted by atomic mass is 9.99. The van der Waals surface area contributed by atoms with Crippen molar-refractivity contribution in [2.24, 2.45) is 0 Å². The van der Waals surface area contributed by atoms with Crippen LogP contribution in [0.2, 0.25) is 0 Å². The average Bonchev–Trinajstić information content (AvgIpc) is 3.18. The Balaban J connectivity index is 1.74. The maximum Gasteiger partial charge on any atom is 0.309 e. The highest BCUT2D eigenvalue weighted by molar-refractivity contribution is 6.04. The van der Waals surface area contributed by atoms with Gasteiger partial charge in [0.1, 0.15) is 5.82 Å². The largest absolute Gasteiger partial charge is 0.407 e. The topological polar surface area (TPSA) is 73.2 Å². The van der Waals surface area contributed by atoms with Crippen molar-refractivity contribution in [1.29, 1.82) is 0 Å². The molecule has 3 aromatic carbocycles. The molecular weight excluding hydrogens is 445 g/mol. The molecule has 0 aliphatic carbocycles. The van der Waals surface area contributed by atoms with E-state index < -0.39 is 17.7 Å². The second-order valence-corrected chi connectivity index (χ2v) is 8.61. The summed E-state index contributed by atoms with van der Waals surface area (Å²) in [5.41, 5.74) is 4.89. The molecule has 0 saturated heterocycles. The third kappa shape index (κ3) is 5.30. The predicted octanol–water partition coefficient (Wildman–Crippen LogP) is 6.29. The summed E-state index contributed by atoms with van der Waals surface area (Å²) >= 11 is 0.